The number of anilines is 2. The summed E-state index contributed by atoms with van der Waals surface area (Å²) in [5, 5.41) is 14.8. The number of amides is 4. The lowest BCUT2D eigenvalue weighted by atomic mass is 9.88. The van der Waals surface area contributed by atoms with Crippen molar-refractivity contribution in [3.05, 3.63) is 130 Å². The second kappa shape index (κ2) is 20.0. The molecule has 4 amide bonds. The number of oxazole rings is 1. The number of aryl methyl sites for hydroxylation is 2. The summed E-state index contributed by atoms with van der Waals surface area (Å²) in [7, 11) is 1.69. The number of alkyl halides is 3. The number of imidazole rings is 1. The Morgan fingerprint density at radius 2 is 1.82 bits per heavy atom. The smallest absolute Gasteiger partial charge is 0.405 e. The van der Waals surface area contributed by atoms with E-state index in [9.17, 15) is 37.1 Å². The number of benzene rings is 2. The first-order valence-electron chi connectivity index (χ1n) is 21.5. The van der Waals surface area contributed by atoms with Crippen LogP contribution in [0, 0.1) is 0 Å². The van der Waals surface area contributed by atoms with E-state index in [0.29, 0.717) is 70.0 Å². The van der Waals surface area contributed by atoms with Crippen molar-refractivity contribution in [2.45, 2.75) is 43.9 Å². The van der Waals surface area contributed by atoms with E-state index in [-0.39, 0.29) is 52.4 Å². The first-order valence-corrected chi connectivity index (χ1v) is 21.5. The molecule has 354 valence electrons. The van der Waals surface area contributed by atoms with E-state index in [1.807, 2.05) is 36.4 Å². The number of allylic oxidation sites excluding steroid dienone is 1. The number of carbonyl (C=O) groups excluding carboxylic acids is 4. The number of rotatable bonds is 20. The summed E-state index contributed by atoms with van der Waals surface area (Å²) in [4.78, 5) is 72.8. The third-order valence-corrected chi connectivity index (χ3v) is 11.2. The number of para-hydroxylation sites is 1. The van der Waals surface area contributed by atoms with Crippen molar-refractivity contribution < 1.29 is 46.2 Å². The van der Waals surface area contributed by atoms with E-state index in [1.165, 1.54) is 33.8 Å². The van der Waals surface area contributed by atoms with Crippen molar-refractivity contribution in [3.63, 3.8) is 0 Å². The quantitative estimate of drug-likeness (QED) is 0.0408. The van der Waals surface area contributed by atoms with Crippen LogP contribution in [0.2, 0.25) is 0 Å². The van der Waals surface area contributed by atoms with Crippen LogP contribution in [0.1, 0.15) is 51.4 Å². The van der Waals surface area contributed by atoms with Crippen LogP contribution in [0.3, 0.4) is 0 Å². The van der Waals surface area contributed by atoms with Gasteiger partial charge in [0, 0.05) is 44.9 Å². The van der Waals surface area contributed by atoms with Gasteiger partial charge < -0.3 is 35.6 Å². The van der Waals surface area contributed by atoms with Gasteiger partial charge in [0.05, 0.1) is 48.4 Å². The van der Waals surface area contributed by atoms with Gasteiger partial charge in [0.1, 0.15) is 18.6 Å². The van der Waals surface area contributed by atoms with Crippen molar-refractivity contribution in [2.24, 2.45) is 12.8 Å². The van der Waals surface area contributed by atoms with E-state index in [4.69, 9.17) is 19.6 Å². The highest BCUT2D eigenvalue weighted by molar-refractivity contribution is 6.07. The lowest BCUT2D eigenvalue weighted by Gasteiger charge is -2.28. The largest absolute Gasteiger partial charge is 0.444 e. The Morgan fingerprint density at radius 3 is 2.60 bits per heavy atom. The summed E-state index contributed by atoms with van der Waals surface area (Å²) in [5.41, 5.74) is 8.28. The zero-order chi connectivity index (χ0) is 48.0. The predicted molar refractivity (Wildman–Crippen MR) is 241 cm³/mol. The normalized spacial score (nSPS) is 15.9. The Bertz CT molecular complexity index is 2990. The van der Waals surface area contributed by atoms with Crippen LogP contribution in [-0.2, 0) is 44.6 Å². The number of pyridine rings is 1. The molecule has 0 saturated heterocycles. The number of nitrogens with zero attached hydrogens (tertiary/aromatic N) is 6. The van der Waals surface area contributed by atoms with Crippen LogP contribution in [0.5, 0.6) is 0 Å². The number of imide groups is 1. The molecule has 6 aromatic rings. The van der Waals surface area contributed by atoms with Gasteiger partial charge in [0.15, 0.2) is 16.9 Å². The molecule has 1 aliphatic heterocycles. The molecule has 0 unspecified atom stereocenters. The van der Waals surface area contributed by atoms with E-state index in [0.717, 1.165) is 28.5 Å². The molecule has 8 rings (SSSR count). The molecule has 0 spiro atoms. The molecule has 0 radical (unpaired) electrons. The molecule has 19 nitrogen and oxygen atoms in total. The average Bonchev–Trinajstić information content (AvgIpc) is 4.03. The molecule has 4 aromatic heterocycles. The van der Waals surface area contributed by atoms with Gasteiger partial charge in [-0.1, -0.05) is 35.9 Å². The average molecular weight is 938 g/mol. The van der Waals surface area contributed by atoms with Gasteiger partial charge >= 0.3 is 11.9 Å². The van der Waals surface area contributed by atoms with Gasteiger partial charge in [-0.3, -0.25) is 33.6 Å². The molecule has 1 atom stereocenters. The Hall–Kier alpha value is -7.69. The van der Waals surface area contributed by atoms with Crippen molar-refractivity contribution >= 4 is 46.2 Å². The second-order valence-electron chi connectivity index (χ2n) is 16.0. The van der Waals surface area contributed by atoms with Crippen LogP contribution < -0.4 is 32.7 Å². The molecule has 0 saturated carbocycles. The highest BCUT2D eigenvalue weighted by Crippen LogP contribution is 2.34. The minimum absolute atomic E-state index is 0.0162. The lowest BCUT2D eigenvalue weighted by molar-refractivity contribution is -0.132. The van der Waals surface area contributed by atoms with Crippen molar-refractivity contribution in [1.82, 2.24) is 39.5 Å². The Kier molecular flexibility index (Phi) is 13.8. The van der Waals surface area contributed by atoms with Crippen LogP contribution in [0.15, 0.2) is 106 Å². The van der Waals surface area contributed by atoms with E-state index in [1.54, 1.807) is 35.9 Å². The molecular formula is C46H46F3N11O8. The van der Waals surface area contributed by atoms with Crippen molar-refractivity contribution in [1.29, 1.82) is 0 Å². The highest BCUT2D eigenvalue weighted by Gasteiger charge is 2.43. The summed E-state index contributed by atoms with van der Waals surface area (Å²) in [6, 6.07) is 15.7. The second-order valence-corrected chi connectivity index (χ2v) is 16.0. The molecule has 2 aromatic carbocycles. The Labute approximate surface area is 385 Å². The van der Waals surface area contributed by atoms with Gasteiger partial charge in [0.2, 0.25) is 11.8 Å². The number of nitrogens with two attached hydrogens (primary N) is 1. The minimum Gasteiger partial charge on any atom is -0.444 e. The molecule has 0 fully saturated rings. The van der Waals surface area contributed by atoms with E-state index < -0.39 is 36.0 Å². The molecule has 2 aliphatic rings. The van der Waals surface area contributed by atoms with E-state index >= 15 is 0 Å². The number of primary amides is 1. The Balaban J connectivity index is 0.755. The molecule has 22 heteroatoms. The van der Waals surface area contributed by atoms with Crippen LogP contribution >= 0.6 is 0 Å². The first kappa shape index (κ1) is 46.8. The Morgan fingerprint density at radius 1 is 1.03 bits per heavy atom. The fourth-order valence-electron chi connectivity index (χ4n) is 8.00. The molecule has 5 heterocycles. The van der Waals surface area contributed by atoms with Crippen molar-refractivity contribution in [3.8, 4) is 17.1 Å². The number of fused-ring (bicyclic) bond motifs is 2. The number of halogens is 3. The number of hydrogen-bond donors (Lipinski definition) is 5. The summed E-state index contributed by atoms with van der Waals surface area (Å²) < 4.78 is 59.2. The summed E-state index contributed by atoms with van der Waals surface area (Å²) >= 11 is 0. The maximum atomic E-state index is 13.7. The zero-order valence-electron chi connectivity index (χ0n) is 36.6. The zero-order valence-corrected chi connectivity index (χ0v) is 36.6. The van der Waals surface area contributed by atoms with Gasteiger partial charge in [-0.15, -0.1) is 0 Å². The number of hydrogen-bond acceptors (Lipinski definition) is 13. The predicted octanol–water partition coefficient (Wildman–Crippen LogP) is 4.28. The van der Waals surface area contributed by atoms with Crippen LogP contribution in [-0.4, -0.2) is 98.2 Å². The van der Waals surface area contributed by atoms with Gasteiger partial charge in [-0.2, -0.15) is 18.3 Å². The summed E-state index contributed by atoms with van der Waals surface area (Å²) in [6.45, 7) is 1.57. The number of carbonyl (C=O) groups is 4. The summed E-state index contributed by atoms with van der Waals surface area (Å²) in [6.07, 6.45) is 6.55. The molecule has 2 bridgehead atoms. The highest BCUT2D eigenvalue weighted by atomic mass is 19.4. The third-order valence-electron chi connectivity index (χ3n) is 11.2. The fourth-order valence-corrected chi connectivity index (χ4v) is 8.00. The minimum atomic E-state index is -4.45. The van der Waals surface area contributed by atoms with E-state index in [2.05, 4.69) is 36.3 Å². The van der Waals surface area contributed by atoms with Crippen LogP contribution in [0.4, 0.5) is 24.7 Å². The molecule has 68 heavy (non-hydrogen) atoms. The first-order chi connectivity index (χ1) is 32.7. The molecule has 6 N–H and O–H groups in total. The maximum Gasteiger partial charge on any atom is 0.405 e. The lowest BCUT2D eigenvalue weighted by Crippen LogP contribution is -2.50. The maximum absolute atomic E-state index is 13.7. The summed E-state index contributed by atoms with van der Waals surface area (Å²) in [5.74, 6) is -2.69. The monoisotopic (exact) mass is 937 g/mol. The number of ether oxygens (including phenoxy) is 2. The van der Waals surface area contributed by atoms with Gasteiger partial charge in [-0.05, 0) is 72.9 Å². The van der Waals surface area contributed by atoms with Gasteiger partial charge in [0.25, 0.3) is 17.7 Å². The molecule has 1 aliphatic carbocycles. The van der Waals surface area contributed by atoms with Crippen LogP contribution in [0.25, 0.3) is 28.2 Å². The molecular weight excluding hydrogens is 892 g/mol. The fraction of sp³-hybridized carbons (Fsp3) is 0.304. The van der Waals surface area contributed by atoms with Gasteiger partial charge in [-0.25, -0.2) is 19.4 Å². The van der Waals surface area contributed by atoms with Crippen molar-refractivity contribution in [2.75, 3.05) is 50.2 Å². The number of aromatic nitrogens is 6. The standard InChI is InChI=1S/C46H46F3N11O8/c1-58-39-30(6-2-8-35(39)60(44(58)65)45-14-3-5-29(23-45)21-37(61)56-43(45)64)7-4-17-66-19-20-67-18-16-51-24-28-9-11-32(12-10-28)59-25-33(38(57-59)40(50)62)54-41(63)34-26-68-42(55-34)31-13-15-52-36(22-31)53-27-46(47,48)49/h2-3,6,8-15,22-23,25-26,51H,4-5,7,16-21,24,27H2,1H3,(H2,50,62)(H,52,53)(H,54,63)(H,56,61,64)/t45-/m1/s1. The third kappa shape index (κ3) is 10.5. The number of nitrogens with one attached hydrogen (secondary N) is 4. The topological polar surface area (TPSA) is 245 Å². The SMILES string of the molecule is Cn1c(=O)n([C@]23C=CCC(=C2)CC(=O)NC3=O)c2cccc(CCCOCCOCCNCc3ccc(-n4cc(NC(=O)c5coc(-c6ccnc(NCC(F)(F)F)c6)n5)c(C(N)=O)n4)cc3)c21.